The Hall–Kier alpha value is -3.26. The van der Waals surface area contributed by atoms with Gasteiger partial charge in [-0.25, -0.2) is 9.97 Å². The lowest BCUT2D eigenvalue weighted by atomic mass is 10.2. The third-order valence-corrected chi connectivity index (χ3v) is 4.86. The molecule has 0 aliphatic heterocycles. The van der Waals surface area contributed by atoms with E-state index in [2.05, 4.69) is 15.3 Å². The van der Waals surface area contributed by atoms with Gasteiger partial charge in [0.25, 0.3) is 5.56 Å². The van der Waals surface area contributed by atoms with Crippen molar-refractivity contribution in [3.05, 3.63) is 58.6 Å². The summed E-state index contributed by atoms with van der Waals surface area (Å²) in [7, 11) is 0. The molecular weight excluding hydrogens is 350 g/mol. The maximum atomic E-state index is 12.5. The van der Waals surface area contributed by atoms with Gasteiger partial charge in [-0.05, 0) is 36.8 Å². The average Bonchev–Trinajstić information content (AvgIpc) is 2.98. The smallest absolute Gasteiger partial charge is 0.261 e. The quantitative estimate of drug-likeness (QED) is 0.581. The SMILES string of the molecule is Cc1cc(NC(=O)Cn2cnc3ccccc3c2=O)cc2sc(N)nc12. The highest BCUT2D eigenvalue weighted by Gasteiger charge is 2.11. The second-order valence-corrected chi connectivity index (χ2v) is 7.00. The first-order chi connectivity index (χ1) is 12.5. The average molecular weight is 365 g/mol. The molecule has 2 aromatic heterocycles. The zero-order valence-corrected chi connectivity index (χ0v) is 14.7. The van der Waals surface area contributed by atoms with Gasteiger partial charge < -0.3 is 11.1 Å². The van der Waals surface area contributed by atoms with Crippen molar-refractivity contribution < 1.29 is 4.79 Å². The molecule has 8 heteroatoms. The Morgan fingerprint density at radius 3 is 2.96 bits per heavy atom. The summed E-state index contributed by atoms with van der Waals surface area (Å²) in [5, 5.41) is 3.79. The molecule has 2 aromatic carbocycles. The fraction of sp³-hybridized carbons (Fsp3) is 0.111. The molecular formula is C18H15N5O2S. The molecule has 0 fully saturated rings. The van der Waals surface area contributed by atoms with Crippen molar-refractivity contribution >= 4 is 49.2 Å². The van der Waals surface area contributed by atoms with E-state index in [1.54, 1.807) is 18.2 Å². The van der Waals surface area contributed by atoms with E-state index >= 15 is 0 Å². The van der Waals surface area contributed by atoms with Gasteiger partial charge in [0, 0.05) is 5.69 Å². The van der Waals surface area contributed by atoms with Crippen LogP contribution in [0.1, 0.15) is 5.56 Å². The number of thiazole rings is 1. The van der Waals surface area contributed by atoms with Gasteiger partial charge in [-0.2, -0.15) is 0 Å². The maximum absolute atomic E-state index is 12.5. The van der Waals surface area contributed by atoms with Crippen LogP contribution in [-0.2, 0) is 11.3 Å². The minimum absolute atomic E-state index is 0.113. The monoisotopic (exact) mass is 365 g/mol. The molecule has 0 atom stereocenters. The van der Waals surface area contributed by atoms with E-state index in [-0.39, 0.29) is 18.0 Å². The van der Waals surface area contributed by atoms with E-state index in [1.165, 1.54) is 22.2 Å². The number of fused-ring (bicyclic) bond motifs is 2. The number of carbonyl (C=O) groups excluding carboxylic acids is 1. The second kappa shape index (κ2) is 6.23. The van der Waals surface area contributed by atoms with E-state index < -0.39 is 0 Å². The van der Waals surface area contributed by atoms with Gasteiger partial charge in [-0.3, -0.25) is 14.2 Å². The lowest BCUT2D eigenvalue weighted by Crippen LogP contribution is -2.27. The number of rotatable bonds is 3. The number of aryl methyl sites for hydroxylation is 1. The van der Waals surface area contributed by atoms with E-state index in [0.717, 1.165) is 15.8 Å². The number of hydrogen-bond acceptors (Lipinski definition) is 6. The number of amides is 1. The predicted molar refractivity (Wildman–Crippen MR) is 103 cm³/mol. The van der Waals surface area contributed by atoms with E-state index in [4.69, 9.17) is 5.73 Å². The number of benzene rings is 2. The molecule has 0 bridgehead atoms. The van der Waals surface area contributed by atoms with E-state index in [1.807, 2.05) is 25.1 Å². The Balaban J connectivity index is 1.59. The molecule has 0 spiro atoms. The summed E-state index contributed by atoms with van der Waals surface area (Å²) in [5.41, 5.74) is 8.52. The second-order valence-electron chi connectivity index (χ2n) is 5.93. The van der Waals surface area contributed by atoms with Crippen molar-refractivity contribution in [2.75, 3.05) is 11.1 Å². The number of carbonyl (C=O) groups is 1. The van der Waals surface area contributed by atoms with Crippen LogP contribution < -0.4 is 16.6 Å². The molecule has 0 radical (unpaired) electrons. The van der Waals surface area contributed by atoms with Gasteiger partial charge in [0.15, 0.2) is 5.13 Å². The van der Waals surface area contributed by atoms with Crippen LogP contribution in [0.5, 0.6) is 0 Å². The van der Waals surface area contributed by atoms with Crippen molar-refractivity contribution in [1.29, 1.82) is 0 Å². The molecule has 0 saturated carbocycles. The fourth-order valence-corrected chi connectivity index (χ4v) is 3.71. The largest absolute Gasteiger partial charge is 0.375 e. The Kier molecular flexibility index (Phi) is 3.89. The number of nitrogen functional groups attached to an aromatic ring is 1. The maximum Gasteiger partial charge on any atom is 0.261 e. The molecule has 130 valence electrons. The first kappa shape index (κ1) is 16.2. The summed E-state index contributed by atoms with van der Waals surface area (Å²) in [5.74, 6) is -0.305. The van der Waals surface area contributed by atoms with Crippen molar-refractivity contribution in [3.8, 4) is 0 Å². The summed E-state index contributed by atoms with van der Waals surface area (Å²) in [6, 6.07) is 10.7. The molecule has 26 heavy (non-hydrogen) atoms. The molecule has 4 aromatic rings. The minimum atomic E-state index is -0.305. The molecule has 4 rings (SSSR count). The number of hydrogen-bond donors (Lipinski definition) is 2. The highest BCUT2D eigenvalue weighted by atomic mass is 32.1. The number of anilines is 2. The van der Waals surface area contributed by atoms with Crippen LogP contribution >= 0.6 is 11.3 Å². The minimum Gasteiger partial charge on any atom is -0.375 e. The van der Waals surface area contributed by atoms with Gasteiger partial charge in [0.1, 0.15) is 6.54 Å². The number of nitrogens with zero attached hydrogens (tertiary/aromatic N) is 3. The van der Waals surface area contributed by atoms with Crippen molar-refractivity contribution in [3.63, 3.8) is 0 Å². The van der Waals surface area contributed by atoms with Crippen LogP contribution in [0.3, 0.4) is 0 Å². The Morgan fingerprint density at radius 2 is 2.12 bits per heavy atom. The first-order valence-electron chi connectivity index (χ1n) is 7.92. The zero-order valence-electron chi connectivity index (χ0n) is 13.9. The fourth-order valence-electron chi connectivity index (χ4n) is 2.86. The van der Waals surface area contributed by atoms with Crippen LogP contribution in [0, 0.1) is 6.92 Å². The first-order valence-corrected chi connectivity index (χ1v) is 8.73. The summed E-state index contributed by atoms with van der Waals surface area (Å²) in [4.78, 5) is 33.4. The van der Waals surface area contributed by atoms with Crippen molar-refractivity contribution in [2.24, 2.45) is 0 Å². The van der Waals surface area contributed by atoms with Crippen LogP contribution in [0.25, 0.3) is 21.1 Å². The molecule has 0 unspecified atom stereocenters. The number of nitrogens with one attached hydrogen (secondary N) is 1. The van der Waals surface area contributed by atoms with Crippen molar-refractivity contribution in [2.45, 2.75) is 13.5 Å². The van der Waals surface area contributed by atoms with Gasteiger partial charge >= 0.3 is 0 Å². The lowest BCUT2D eigenvalue weighted by molar-refractivity contribution is -0.116. The third kappa shape index (κ3) is 2.91. The van der Waals surface area contributed by atoms with E-state index in [9.17, 15) is 9.59 Å². The molecule has 1 amide bonds. The summed E-state index contributed by atoms with van der Waals surface area (Å²) < 4.78 is 2.20. The Morgan fingerprint density at radius 1 is 1.31 bits per heavy atom. The lowest BCUT2D eigenvalue weighted by Gasteiger charge is -2.09. The van der Waals surface area contributed by atoms with Crippen LogP contribution in [0.2, 0.25) is 0 Å². The topological polar surface area (TPSA) is 103 Å². The molecule has 0 saturated heterocycles. The van der Waals surface area contributed by atoms with Gasteiger partial charge in [-0.1, -0.05) is 23.5 Å². The normalized spacial score (nSPS) is 11.1. The zero-order chi connectivity index (χ0) is 18.3. The molecule has 2 heterocycles. The molecule has 3 N–H and O–H groups in total. The highest BCUT2D eigenvalue weighted by molar-refractivity contribution is 7.22. The molecule has 0 aliphatic rings. The summed E-state index contributed by atoms with van der Waals surface area (Å²) >= 11 is 1.37. The van der Waals surface area contributed by atoms with E-state index in [0.29, 0.717) is 21.7 Å². The van der Waals surface area contributed by atoms with Gasteiger partial charge in [0.05, 0.1) is 27.4 Å². The summed E-state index contributed by atoms with van der Waals surface area (Å²) in [6.45, 7) is 1.80. The van der Waals surface area contributed by atoms with Crippen molar-refractivity contribution in [1.82, 2.24) is 14.5 Å². The summed E-state index contributed by atoms with van der Waals surface area (Å²) in [6.07, 6.45) is 1.39. The predicted octanol–water partition coefficient (Wildman–Crippen LogP) is 2.54. The Bertz CT molecular complexity index is 1210. The molecule has 7 nitrogen and oxygen atoms in total. The standard InChI is InChI=1S/C18H15N5O2S/c1-10-6-11(7-14-16(10)22-18(19)26-14)21-15(24)8-23-9-20-13-5-3-2-4-12(13)17(23)25/h2-7,9H,8H2,1H3,(H2,19,22)(H,21,24). The number of nitrogens with two attached hydrogens (primary N) is 1. The molecule has 0 aliphatic carbocycles. The van der Waals surface area contributed by atoms with Crippen LogP contribution in [-0.4, -0.2) is 20.4 Å². The third-order valence-electron chi connectivity index (χ3n) is 4.03. The van der Waals surface area contributed by atoms with Crippen LogP contribution in [0.4, 0.5) is 10.8 Å². The highest BCUT2D eigenvalue weighted by Crippen LogP contribution is 2.29. The number of aromatic nitrogens is 3. The van der Waals surface area contributed by atoms with Crippen LogP contribution in [0.15, 0.2) is 47.5 Å². The number of para-hydroxylation sites is 1. The van der Waals surface area contributed by atoms with Gasteiger partial charge in [-0.15, -0.1) is 0 Å². The Labute approximate surface area is 152 Å². The van der Waals surface area contributed by atoms with Gasteiger partial charge in [0.2, 0.25) is 5.91 Å².